The predicted octanol–water partition coefficient (Wildman–Crippen LogP) is 0.341. The molecule has 0 aromatic heterocycles. The third-order valence-electron chi connectivity index (χ3n) is 1.88. The lowest BCUT2D eigenvalue weighted by molar-refractivity contribution is 0.0965. The highest BCUT2D eigenvalue weighted by atomic mass is 16.3. The van der Waals surface area contributed by atoms with Gasteiger partial charge in [0.1, 0.15) is 0 Å². The number of rotatable bonds is 0. The molecule has 1 aromatic rings. The Morgan fingerprint density at radius 3 is 2.67 bits per heavy atom. The van der Waals surface area contributed by atoms with Crippen LogP contribution in [-0.4, -0.2) is 16.1 Å². The summed E-state index contributed by atoms with van der Waals surface area (Å²) in [6.07, 6.45) is 0. The van der Waals surface area contributed by atoms with Crippen LogP contribution in [0.5, 0.6) is 11.5 Å². The average Bonchev–Trinajstić information content (AvgIpc) is 2.35. The van der Waals surface area contributed by atoms with E-state index < -0.39 is 0 Å². The standard InChI is InChI=1S/C8H7NO3/c10-6-1-4-3-9-8(12)5(4)2-7(6)11/h1-2,10-11H,3H2,(H,9,12). The Balaban J connectivity index is 2.63. The molecule has 4 heteroatoms. The van der Waals surface area contributed by atoms with Crippen LogP contribution >= 0.6 is 0 Å². The maximum atomic E-state index is 11.0. The second-order valence-corrected chi connectivity index (χ2v) is 2.68. The van der Waals surface area contributed by atoms with Crippen LogP contribution in [0.25, 0.3) is 0 Å². The van der Waals surface area contributed by atoms with Gasteiger partial charge in [0.25, 0.3) is 5.91 Å². The molecule has 0 fully saturated rings. The molecule has 0 radical (unpaired) electrons. The highest BCUT2D eigenvalue weighted by molar-refractivity contribution is 5.98. The Labute approximate surface area is 68.5 Å². The molecule has 0 spiro atoms. The highest BCUT2D eigenvalue weighted by Gasteiger charge is 2.20. The molecule has 1 aliphatic rings. The molecule has 62 valence electrons. The number of carbonyl (C=O) groups is 1. The zero-order chi connectivity index (χ0) is 8.72. The largest absolute Gasteiger partial charge is 0.504 e. The second kappa shape index (κ2) is 2.14. The first-order valence-electron chi connectivity index (χ1n) is 3.51. The molecular weight excluding hydrogens is 158 g/mol. The summed E-state index contributed by atoms with van der Waals surface area (Å²) in [5.41, 5.74) is 1.15. The van der Waals surface area contributed by atoms with Gasteiger partial charge >= 0.3 is 0 Å². The number of carbonyl (C=O) groups excluding carboxylic acids is 1. The topological polar surface area (TPSA) is 69.6 Å². The van der Waals surface area contributed by atoms with Crippen molar-refractivity contribution in [2.45, 2.75) is 6.54 Å². The van der Waals surface area contributed by atoms with E-state index in [1.54, 1.807) is 0 Å². The fourth-order valence-electron chi connectivity index (χ4n) is 1.25. The summed E-state index contributed by atoms with van der Waals surface area (Å²) in [7, 11) is 0. The van der Waals surface area contributed by atoms with Gasteiger partial charge in [0.05, 0.1) is 0 Å². The van der Waals surface area contributed by atoms with Crippen LogP contribution in [0.3, 0.4) is 0 Å². The van der Waals surface area contributed by atoms with Crippen LogP contribution in [0.1, 0.15) is 15.9 Å². The van der Waals surface area contributed by atoms with Gasteiger partial charge in [-0.05, 0) is 17.7 Å². The molecule has 0 bridgehead atoms. The van der Waals surface area contributed by atoms with Crippen molar-refractivity contribution in [2.75, 3.05) is 0 Å². The van der Waals surface area contributed by atoms with Crippen LogP contribution in [-0.2, 0) is 6.54 Å². The average molecular weight is 165 g/mol. The maximum absolute atomic E-state index is 11.0. The summed E-state index contributed by atoms with van der Waals surface area (Å²) in [5, 5.41) is 20.7. The second-order valence-electron chi connectivity index (χ2n) is 2.68. The molecule has 0 unspecified atom stereocenters. The van der Waals surface area contributed by atoms with E-state index in [0.717, 1.165) is 5.56 Å². The van der Waals surface area contributed by atoms with E-state index in [9.17, 15) is 4.79 Å². The molecule has 1 amide bonds. The zero-order valence-electron chi connectivity index (χ0n) is 6.16. The molecule has 0 saturated carbocycles. The van der Waals surface area contributed by atoms with Crippen LogP contribution in [0.2, 0.25) is 0 Å². The first-order valence-corrected chi connectivity index (χ1v) is 3.51. The van der Waals surface area contributed by atoms with Crippen molar-refractivity contribution in [3.63, 3.8) is 0 Å². The molecule has 12 heavy (non-hydrogen) atoms. The Hall–Kier alpha value is -1.71. The summed E-state index contributed by atoms with van der Waals surface area (Å²) in [6, 6.07) is 2.66. The first-order chi connectivity index (χ1) is 5.68. The lowest BCUT2D eigenvalue weighted by Crippen LogP contribution is -2.12. The molecule has 0 saturated heterocycles. The van der Waals surface area contributed by atoms with E-state index in [-0.39, 0.29) is 17.4 Å². The summed E-state index contributed by atoms with van der Waals surface area (Å²) < 4.78 is 0. The first kappa shape index (κ1) is 6.97. The Bertz CT molecular complexity index is 360. The van der Waals surface area contributed by atoms with Crippen LogP contribution in [0.4, 0.5) is 0 Å². The van der Waals surface area contributed by atoms with Crippen LogP contribution < -0.4 is 5.32 Å². The van der Waals surface area contributed by atoms with E-state index in [2.05, 4.69) is 5.32 Å². The number of hydrogen-bond acceptors (Lipinski definition) is 3. The van der Waals surface area contributed by atoms with Crippen molar-refractivity contribution < 1.29 is 15.0 Å². The molecule has 0 aliphatic carbocycles. The third-order valence-corrected chi connectivity index (χ3v) is 1.88. The molecule has 1 aliphatic heterocycles. The van der Waals surface area contributed by atoms with E-state index in [1.807, 2.05) is 0 Å². The number of nitrogens with one attached hydrogen (secondary N) is 1. The monoisotopic (exact) mass is 165 g/mol. The summed E-state index contributed by atoms with van der Waals surface area (Å²) >= 11 is 0. The number of aromatic hydroxyl groups is 2. The SMILES string of the molecule is O=C1NCc2cc(O)c(O)cc21. The van der Waals surface area contributed by atoms with Gasteiger partial charge in [0, 0.05) is 12.1 Å². The van der Waals surface area contributed by atoms with Crippen molar-refractivity contribution in [3.05, 3.63) is 23.3 Å². The van der Waals surface area contributed by atoms with Gasteiger partial charge in [-0.1, -0.05) is 0 Å². The fourth-order valence-corrected chi connectivity index (χ4v) is 1.25. The smallest absolute Gasteiger partial charge is 0.252 e. The number of fused-ring (bicyclic) bond motifs is 1. The van der Waals surface area contributed by atoms with Crippen molar-refractivity contribution in [1.82, 2.24) is 5.32 Å². The van der Waals surface area contributed by atoms with E-state index in [4.69, 9.17) is 10.2 Å². The van der Waals surface area contributed by atoms with Gasteiger partial charge in [-0.15, -0.1) is 0 Å². The van der Waals surface area contributed by atoms with Gasteiger partial charge in [-0.25, -0.2) is 0 Å². The number of phenols is 2. The van der Waals surface area contributed by atoms with Crippen molar-refractivity contribution in [1.29, 1.82) is 0 Å². The lowest BCUT2D eigenvalue weighted by Gasteiger charge is -1.99. The normalized spacial score (nSPS) is 14.2. The molecule has 1 heterocycles. The number of amides is 1. The van der Waals surface area contributed by atoms with Gasteiger partial charge in [-0.3, -0.25) is 4.79 Å². The highest BCUT2D eigenvalue weighted by Crippen LogP contribution is 2.30. The fraction of sp³-hybridized carbons (Fsp3) is 0.125. The zero-order valence-corrected chi connectivity index (χ0v) is 6.16. The third kappa shape index (κ3) is 0.812. The molecule has 0 atom stereocenters. The minimum Gasteiger partial charge on any atom is -0.504 e. The molecule has 4 nitrogen and oxygen atoms in total. The Kier molecular flexibility index (Phi) is 1.24. The quantitative estimate of drug-likeness (QED) is 0.485. The van der Waals surface area contributed by atoms with Crippen LogP contribution in [0.15, 0.2) is 12.1 Å². The molecule has 1 aromatic carbocycles. The minimum atomic E-state index is -0.259. The summed E-state index contributed by atoms with van der Waals surface area (Å²) in [4.78, 5) is 11.0. The molecule has 2 rings (SSSR count). The number of phenolic OH excluding ortho intramolecular Hbond substituents is 2. The number of benzene rings is 1. The van der Waals surface area contributed by atoms with Crippen molar-refractivity contribution >= 4 is 5.91 Å². The van der Waals surface area contributed by atoms with Crippen molar-refractivity contribution in [2.24, 2.45) is 0 Å². The Morgan fingerprint density at radius 1 is 1.25 bits per heavy atom. The summed E-state index contributed by atoms with van der Waals surface area (Å²) in [6.45, 7) is 0.419. The van der Waals surface area contributed by atoms with Gasteiger partial charge < -0.3 is 15.5 Å². The predicted molar refractivity (Wildman–Crippen MR) is 40.9 cm³/mol. The van der Waals surface area contributed by atoms with Gasteiger partial charge in [-0.2, -0.15) is 0 Å². The Morgan fingerprint density at radius 2 is 1.92 bits per heavy atom. The minimum absolute atomic E-state index is 0.190. The van der Waals surface area contributed by atoms with Gasteiger partial charge in [0.15, 0.2) is 11.5 Å². The van der Waals surface area contributed by atoms with Crippen LogP contribution in [0, 0.1) is 0 Å². The molecular formula is C8H7NO3. The molecule has 3 N–H and O–H groups in total. The summed E-state index contributed by atoms with van der Waals surface area (Å²) in [5.74, 6) is -0.656. The van der Waals surface area contributed by atoms with Crippen molar-refractivity contribution in [3.8, 4) is 11.5 Å². The van der Waals surface area contributed by atoms with E-state index in [0.29, 0.717) is 12.1 Å². The lowest BCUT2D eigenvalue weighted by atomic mass is 10.1. The van der Waals surface area contributed by atoms with E-state index in [1.165, 1.54) is 12.1 Å². The maximum Gasteiger partial charge on any atom is 0.252 e. The van der Waals surface area contributed by atoms with Gasteiger partial charge in [0.2, 0.25) is 0 Å². The number of hydrogen-bond donors (Lipinski definition) is 3. The van der Waals surface area contributed by atoms with E-state index >= 15 is 0 Å².